The molecule has 1 aromatic heterocycles. The summed E-state index contributed by atoms with van der Waals surface area (Å²) >= 11 is 0. The maximum absolute atomic E-state index is 13.8. The number of rotatable bonds is 9. The van der Waals surface area contributed by atoms with Gasteiger partial charge in [-0.05, 0) is 69.7 Å². The Labute approximate surface area is 248 Å². The summed E-state index contributed by atoms with van der Waals surface area (Å²) in [5.74, 6) is 5.81. The van der Waals surface area contributed by atoms with E-state index in [0.29, 0.717) is 22.6 Å². The van der Waals surface area contributed by atoms with Crippen LogP contribution in [-0.2, 0) is 17.5 Å². The van der Waals surface area contributed by atoms with Crippen LogP contribution in [0.1, 0.15) is 60.3 Å². The van der Waals surface area contributed by atoms with Crippen molar-refractivity contribution in [3.05, 3.63) is 82.7 Å². The van der Waals surface area contributed by atoms with Crippen LogP contribution >= 0.6 is 0 Å². The van der Waals surface area contributed by atoms with Crippen LogP contribution in [0.2, 0.25) is 0 Å². The minimum absolute atomic E-state index is 0.0789. The topological polar surface area (TPSA) is 148 Å². The highest BCUT2D eigenvalue weighted by atomic mass is 19.4. The van der Waals surface area contributed by atoms with Crippen molar-refractivity contribution in [2.45, 2.75) is 52.9 Å². The molecule has 10 nitrogen and oxygen atoms in total. The first-order valence-electron chi connectivity index (χ1n) is 13.2. The second-order valence-corrected chi connectivity index (χ2v) is 10.9. The van der Waals surface area contributed by atoms with E-state index >= 15 is 0 Å². The fourth-order valence-corrected chi connectivity index (χ4v) is 4.01. The Morgan fingerprint density at radius 3 is 2.28 bits per heavy atom. The third-order valence-corrected chi connectivity index (χ3v) is 6.18. The molecule has 0 fully saturated rings. The van der Waals surface area contributed by atoms with Crippen LogP contribution in [0.25, 0.3) is 5.70 Å². The Hall–Kier alpha value is -4.62. The summed E-state index contributed by atoms with van der Waals surface area (Å²) < 4.78 is 46.8. The zero-order chi connectivity index (χ0) is 32.1. The number of ether oxygens (including phenoxy) is 1. The van der Waals surface area contributed by atoms with E-state index in [-0.39, 0.29) is 46.3 Å². The van der Waals surface area contributed by atoms with Crippen LogP contribution in [0.3, 0.4) is 0 Å². The molecule has 0 unspecified atom stereocenters. The van der Waals surface area contributed by atoms with Crippen molar-refractivity contribution in [3.63, 3.8) is 0 Å². The van der Waals surface area contributed by atoms with E-state index in [0.717, 1.165) is 12.1 Å². The molecular weight excluding hydrogens is 563 g/mol. The fourth-order valence-electron chi connectivity index (χ4n) is 4.01. The Bertz CT molecular complexity index is 1520. The molecule has 230 valence electrons. The number of carbonyl (C=O) groups excluding carboxylic acids is 2. The summed E-state index contributed by atoms with van der Waals surface area (Å²) in [7, 11) is 1.33. The number of benzene rings is 2. The third kappa shape index (κ3) is 8.93. The molecule has 0 bridgehead atoms. The number of hydrogen-bond donors (Lipinski definition) is 5. The quantitative estimate of drug-likeness (QED) is 0.168. The number of nitrogens with one attached hydrogen (secondary N) is 3. The zero-order valence-electron chi connectivity index (χ0n) is 24.8. The maximum atomic E-state index is 13.8. The van der Waals surface area contributed by atoms with Crippen molar-refractivity contribution in [1.82, 2.24) is 10.3 Å². The number of pyridine rings is 1. The van der Waals surface area contributed by atoms with Gasteiger partial charge in [0.15, 0.2) is 0 Å². The van der Waals surface area contributed by atoms with E-state index in [4.69, 9.17) is 16.3 Å². The van der Waals surface area contributed by atoms with Crippen molar-refractivity contribution >= 4 is 34.7 Å². The first kappa shape index (κ1) is 32.9. The molecule has 0 spiro atoms. The lowest BCUT2D eigenvalue weighted by atomic mass is 10.0. The van der Waals surface area contributed by atoms with Gasteiger partial charge in [0.05, 0.1) is 29.7 Å². The largest absolute Gasteiger partial charge is 0.494 e. The molecule has 3 aromatic rings. The molecule has 0 saturated heterocycles. The van der Waals surface area contributed by atoms with Crippen molar-refractivity contribution in [3.8, 4) is 5.75 Å². The molecule has 43 heavy (non-hydrogen) atoms. The number of amides is 2. The van der Waals surface area contributed by atoms with Gasteiger partial charge in [-0.3, -0.25) is 14.6 Å². The summed E-state index contributed by atoms with van der Waals surface area (Å²) in [5.41, 5.74) is 7.06. The molecule has 3 rings (SSSR count). The summed E-state index contributed by atoms with van der Waals surface area (Å²) in [5, 5.41) is 9.51. The van der Waals surface area contributed by atoms with Crippen LogP contribution < -0.4 is 37.3 Å². The second-order valence-electron chi connectivity index (χ2n) is 10.9. The minimum atomic E-state index is -4.65. The number of aromatic nitrogens is 1. The highest BCUT2D eigenvalue weighted by Crippen LogP contribution is 2.38. The van der Waals surface area contributed by atoms with Crippen LogP contribution in [0.4, 0.5) is 30.4 Å². The van der Waals surface area contributed by atoms with E-state index in [2.05, 4.69) is 20.9 Å². The number of hydrazine groups is 1. The summed E-state index contributed by atoms with van der Waals surface area (Å²) in [6.45, 7) is 8.87. The Balaban J connectivity index is 1.91. The molecule has 0 atom stereocenters. The van der Waals surface area contributed by atoms with Crippen LogP contribution in [0.15, 0.2) is 54.9 Å². The predicted molar refractivity (Wildman–Crippen MR) is 161 cm³/mol. The highest BCUT2D eigenvalue weighted by Gasteiger charge is 2.33. The van der Waals surface area contributed by atoms with Gasteiger partial charge in [0, 0.05) is 48.1 Å². The highest BCUT2D eigenvalue weighted by molar-refractivity contribution is 6.06. The lowest BCUT2D eigenvalue weighted by Crippen LogP contribution is -2.35. The Morgan fingerprint density at radius 1 is 1.05 bits per heavy atom. The van der Waals surface area contributed by atoms with E-state index in [1.54, 1.807) is 25.1 Å². The van der Waals surface area contributed by atoms with Gasteiger partial charge in [0.1, 0.15) is 11.6 Å². The van der Waals surface area contributed by atoms with Gasteiger partial charge in [-0.1, -0.05) is 6.07 Å². The van der Waals surface area contributed by atoms with E-state index in [9.17, 15) is 22.8 Å². The normalized spacial score (nSPS) is 12.1. The standard InChI is InChI=1S/C30H36F3N7O3/c1-17-7-8-19(12-25(17)40(35)16-23(34)20-9-10-26(36-14-20)38-18(2)41)28(42)39-24-13-22(30(31,32)33)11-21(27(24)43-6)15-37-29(3,4)5/h7-14,16,37H,15,34-35H2,1-6H3,(H,39,42)(H,36,38,41)/b23-16-. The minimum Gasteiger partial charge on any atom is -0.494 e. The zero-order valence-corrected chi connectivity index (χ0v) is 24.8. The first-order valence-corrected chi connectivity index (χ1v) is 13.2. The monoisotopic (exact) mass is 599 g/mol. The first-order chi connectivity index (χ1) is 20.0. The number of carbonyl (C=O) groups is 2. The molecule has 1 heterocycles. The summed E-state index contributed by atoms with van der Waals surface area (Å²) in [4.78, 5) is 28.7. The fraction of sp³-hybridized carbons (Fsp3) is 0.300. The number of halogens is 3. The predicted octanol–water partition coefficient (Wildman–Crippen LogP) is 5.15. The lowest BCUT2D eigenvalue weighted by molar-refractivity contribution is -0.137. The molecule has 2 aromatic carbocycles. The van der Waals surface area contributed by atoms with Crippen molar-refractivity contribution in [2.24, 2.45) is 11.6 Å². The lowest BCUT2D eigenvalue weighted by Gasteiger charge is -2.23. The average Bonchev–Trinajstić information content (AvgIpc) is 2.90. The van der Waals surface area contributed by atoms with E-state index < -0.39 is 17.6 Å². The smallest absolute Gasteiger partial charge is 0.416 e. The number of anilines is 3. The number of aryl methyl sites for hydroxylation is 1. The Kier molecular flexibility index (Phi) is 10.0. The molecule has 7 N–H and O–H groups in total. The van der Waals surface area contributed by atoms with Gasteiger partial charge in [0.2, 0.25) is 5.91 Å². The molecule has 0 aliphatic heterocycles. The molecule has 0 aliphatic rings. The van der Waals surface area contributed by atoms with Gasteiger partial charge in [-0.25, -0.2) is 10.8 Å². The van der Waals surface area contributed by atoms with Gasteiger partial charge in [-0.15, -0.1) is 0 Å². The number of nitrogens with two attached hydrogens (primary N) is 2. The number of hydrogen-bond acceptors (Lipinski definition) is 8. The number of methoxy groups -OCH3 is 1. The van der Waals surface area contributed by atoms with Gasteiger partial charge in [0.25, 0.3) is 5.91 Å². The second kappa shape index (κ2) is 13.1. The Morgan fingerprint density at radius 2 is 1.72 bits per heavy atom. The SMILES string of the molecule is COc1c(CNC(C)(C)C)cc(C(F)(F)F)cc1NC(=O)c1ccc(C)c(N(N)/C=C(\N)c2ccc(NC(C)=O)nc2)c1. The van der Waals surface area contributed by atoms with Crippen molar-refractivity contribution in [1.29, 1.82) is 0 Å². The van der Waals surface area contributed by atoms with Crippen LogP contribution in [0.5, 0.6) is 5.75 Å². The summed E-state index contributed by atoms with van der Waals surface area (Å²) in [6, 6.07) is 9.76. The maximum Gasteiger partial charge on any atom is 0.416 e. The molecule has 13 heteroatoms. The van der Waals surface area contributed by atoms with Gasteiger partial charge in [-0.2, -0.15) is 13.2 Å². The molecule has 0 saturated carbocycles. The average molecular weight is 600 g/mol. The van der Waals surface area contributed by atoms with Crippen LogP contribution in [0, 0.1) is 6.92 Å². The van der Waals surface area contributed by atoms with E-state index in [1.165, 1.54) is 43.6 Å². The molecular formula is C30H36F3N7O3. The van der Waals surface area contributed by atoms with Gasteiger partial charge >= 0.3 is 6.18 Å². The van der Waals surface area contributed by atoms with Crippen molar-refractivity contribution < 1.29 is 27.5 Å². The summed E-state index contributed by atoms with van der Waals surface area (Å²) in [6.07, 6.45) is -1.75. The molecule has 2 amide bonds. The molecule has 0 radical (unpaired) electrons. The third-order valence-electron chi connectivity index (χ3n) is 6.18. The van der Waals surface area contributed by atoms with E-state index in [1.807, 2.05) is 20.8 Å². The number of alkyl halides is 3. The molecule has 0 aliphatic carbocycles. The van der Waals surface area contributed by atoms with Crippen molar-refractivity contribution in [2.75, 3.05) is 22.8 Å². The van der Waals surface area contributed by atoms with Gasteiger partial charge < -0.3 is 26.4 Å². The number of nitrogens with zero attached hydrogens (tertiary/aromatic N) is 2. The van der Waals surface area contributed by atoms with Crippen LogP contribution in [-0.4, -0.2) is 29.4 Å².